The lowest BCUT2D eigenvalue weighted by molar-refractivity contribution is -0.115. The highest BCUT2D eigenvalue weighted by Crippen LogP contribution is 2.29. The number of hydrogen-bond acceptors (Lipinski definition) is 5. The van der Waals surface area contributed by atoms with Crippen molar-refractivity contribution < 1.29 is 14.4 Å². The lowest BCUT2D eigenvalue weighted by atomic mass is 10.1. The first kappa shape index (κ1) is 17.1. The van der Waals surface area contributed by atoms with Crippen molar-refractivity contribution in [3.8, 4) is 0 Å². The summed E-state index contributed by atoms with van der Waals surface area (Å²) in [6.07, 6.45) is 0.668. The van der Waals surface area contributed by atoms with Crippen LogP contribution < -0.4 is 10.6 Å². The molecule has 1 aliphatic heterocycles. The summed E-state index contributed by atoms with van der Waals surface area (Å²) < 4.78 is 0. The highest BCUT2D eigenvalue weighted by atomic mass is 32.1. The van der Waals surface area contributed by atoms with Crippen LogP contribution in [-0.2, 0) is 22.6 Å². The van der Waals surface area contributed by atoms with Crippen molar-refractivity contribution in [3.63, 3.8) is 0 Å². The average Bonchev–Trinajstić information content (AvgIpc) is 2.94. The molecule has 7 nitrogen and oxygen atoms in total. The lowest BCUT2D eigenvalue weighted by Crippen LogP contribution is -2.35. The molecule has 1 aliphatic rings. The van der Waals surface area contributed by atoms with Crippen LogP contribution in [0.15, 0.2) is 24.3 Å². The number of thiazole rings is 1. The van der Waals surface area contributed by atoms with Crippen LogP contribution in [0.1, 0.15) is 34.8 Å². The Hall–Kier alpha value is -2.74. The number of nitrogens with one attached hydrogen (secondary N) is 2. The quantitative estimate of drug-likeness (QED) is 0.880. The third-order valence-electron chi connectivity index (χ3n) is 3.75. The zero-order chi connectivity index (χ0) is 18.0. The topological polar surface area (TPSA) is 91.4 Å². The van der Waals surface area contributed by atoms with Gasteiger partial charge < -0.3 is 15.5 Å². The van der Waals surface area contributed by atoms with Crippen LogP contribution in [0.3, 0.4) is 0 Å². The zero-order valence-corrected chi connectivity index (χ0v) is 14.8. The Morgan fingerprint density at radius 3 is 2.40 bits per heavy atom. The first-order chi connectivity index (χ1) is 11.9. The van der Waals surface area contributed by atoms with Crippen LogP contribution in [0, 0.1) is 0 Å². The first-order valence-electron chi connectivity index (χ1n) is 7.85. The van der Waals surface area contributed by atoms with Gasteiger partial charge >= 0.3 is 0 Å². The minimum atomic E-state index is -0.154. The zero-order valence-electron chi connectivity index (χ0n) is 14.0. The summed E-state index contributed by atoms with van der Waals surface area (Å²) in [5.41, 5.74) is 2.18. The highest BCUT2D eigenvalue weighted by Gasteiger charge is 2.25. The molecule has 2 N–H and O–H groups in total. The van der Waals surface area contributed by atoms with Crippen molar-refractivity contribution >= 4 is 39.9 Å². The van der Waals surface area contributed by atoms with Gasteiger partial charge in [-0.3, -0.25) is 14.4 Å². The van der Waals surface area contributed by atoms with Gasteiger partial charge in [-0.1, -0.05) is 11.3 Å². The molecular formula is C17H18N4O3S. The summed E-state index contributed by atoms with van der Waals surface area (Å²) in [6.45, 7) is 3.96. The Bertz CT molecular complexity index is 829. The van der Waals surface area contributed by atoms with E-state index in [9.17, 15) is 14.4 Å². The number of rotatable bonds is 3. The second kappa shape index (κ2) is 7.02. The molecule has 1 aromatic carbocycles. The van der Waals surface area contributed by atoms with E-state index in [1.807, 2.05) is 0 Å². The van der Waals surface area contributed by atoms with Crippen LogP contribution in [0.2, 0.25) is 0 Å². The summed E-state index contributed by atoms with van der Waals surface area (Å²) in [5, 5.41) is 5.94. The molecule has 0 fully saturated rings. The van der Waals surface area contributed by atoms with Crippen molar-refractivity contribution in [3.05, 3.63) is 40.4 Å². The van der Waals surface area contributed by atoms with E-state index in [4.69, 9.17) is 0 Å². The van der Waals surface area contributed by atoms with Crippen LogP contribution in [0.25, 0.3) is 0 Å². The largest absolute Gasteiger partial charge is 0.333 e. The maximum Gasteiger partial charge on any atom is 0.254 e. The average molecular weight is 358 g/mol. The molecule has 0 spiro atoms. The Labute approximate surface area is 149 Å². The third-order valence-corrected chi connectivity index (χ3v) is 4.75. The van der Waals surface area contributed by atoms with E-state index in [0.717, 1.165) is 10.6 Å². The fraction of sp³-hybridized carbons (Fsp3) is 0.294. The lowest BCUT2D eigenvalue weighted by Gasteiger charge is -2.26. The summed E-state index contributed by atoms with van der Waals surface area (Å²) in [6, 6.07) is 6.84. The third kappa shape index (κ3) is 4.03. The molecule has 130 valence electrons. The van der Waals surface area contributed by atoms with E-state index in [1.54, 1.807) is 29.2 Å². The molecule has 8 heteroatoms. The second-order valence-electron chi connectivity index (χ2n) is 5.81. The Kier molecular flexibility index (Phi) is 4.80. The first-order valence-corrected chi connectivity index (χ1v) is 8.67. The van der Waals surface area contributed by atoms with Gasteiger partial charge in [0, 0.05) is 42.9 Å². The standard InChI is InChI=1S/C17H18N4O3S/c1-10(22)18-13-5-3-12(4-6-13)16(24)21-8-7-14-15(9-21)25-17(20-14)19-11(2)23/h3-6H,7-9H2,1-2H3,(H,18,22)(H,19,20,23). The molecular weight excluding hydrogens is 340 g/mol. The van der Waals surface area contributed by atoms with Gasteiger partial charge in [0.15, 0.2) is 5.13 Å². The predicted octanol–water partition coefficient (Wildman–Crippen LogP) is 2.26. The molecule has 0 atom stereocenters. The monoisotopic (exact) mass is 358 g/mol. The van der Waals surface area contributed by atoms with E-state index in [0.29, 0.717) is 35.9 Å². The summed E-state index contributed by atoms with van der Waals surface area (Å²) >= 11 is 1.40. The fourth-order valence-electron chi connectivity index (χ4n) is 2.65. The van der Waals surface area contributed by atoms with Crippen LogP contribution in [0.4, 0.5) is 10.8 Å². The van der Waals surface area contributed by atoms with Crippen LogP contribution in [0.5, 0.6) is 0 Å². The smallest absolute Gasteiger partial charge is 0.254 e. The second-order valence-corrected chi connectivity index (χ2v) is 6.89. The number of nitrogens with zero attached hydrogens (tertiary/aromatic N) is 2. The maximum absolute atomic E-state index is 12.7. The number of amides is 3. The number of carbonyl (C=O) groups is 3. The minimum Gasteiger partial charge on any atom is -0.333 e. The molecule has 0 unspecified atom stereocenters. The van der Waals surface area contributed by atoms with Gasteiger partial charge in [0.2, 0.25) is 11.8 Å². The van der Waals surface area contributed by atoms with E-state index < -0.39 is 0 Å². The SMILES string of the molecule is CC(=O)Nc1ccc(C(=O)N2CCc3nc(NC(C)=O)sc3C2)cc1. The number of fused-ring (bicyclic) bond motifs is 1. The van der Waals surface area contributed by atoms with Crippen molar-refractivity contribution in [2.24, 2.45) is 0 Å². The van der Waals surface area contributed by atoms with Gasteiger partial charge in [-0.2, -0.15) is 0 Å². The van der Waals surface area contributed by atoms with Crippen molar-refractivity contribution in [2.75, 3.05) is 17.2 Å². The number of aromatic nitrogens is 1. The van der Waals surface area contributed by atoms with Crippen molar-refractivity contribution in [1.29, 1.82) is 0 Å². The van der Waals surface area contributed by atoms with Crippen molar-refractivity contribution in [2.45, 2.75) is 26.8 Å². The summed E-state index contributed by atoms with van der Waals surface area (Å²) in [5.74, 6) is -0.365. The van der Waals surface area contributed by atoms with Crippen LogP contribution >= 0.6 is 11.3 Å². The minimum absolute atomic E-state index is 0.0606. The van der Waals surface area contributed by atoms with Gasteiger partial charge in [0.1, 0.15) is 0 Å². The molecule has 1 aromatic heterocycles. The fourth-order valence-corrected chi connectivity index (χ4v) is 3.72. The van der Waals surface area contributed by atoms with E-state index in [1.165, 1.54) is 25.2 Å². The number of benzene rings is 1. The van der Waals surface area contributed by atoms with Gasteiger partial charge in [-0.15, -0.1) is 0 Å². The van der Waals surface area contributed by atoms with E-state index >= 15 is 0 Å². The number of anilines is 2. The normalized spacial score (nSPS) is 13.1. The molecule has 0 aliphatic carbocycles. The Morgan fingerprint density at radius 1 is 1.08 bits per heavy atom. The molecule has 0 radical (unpaired) electrons. The van der Waals surface area contributed by atoms with Gasteiger partial charge in [0.05, 0.1) is 12.2 Å². The molecule has 25 heavy (non-hydrogen) atoms. The van der Waals surface area contributed by atoms with Gasteiger partial charge in [-0.05, 0) is 24.3 Å². The molecule has 0 saturated carbocycles. The molecule has 2 aromatic rings. The molecule has 0 saturated heterocycles. The van der Waals surface area contributed by atoms with Gasteiger partial charge in [-0.25, -0.2) is 4.98 Å². The molecule has 3 rings (SSSR count). The summed E-state index contributed by atoms with van der Waals surface area (Å²) in [4.78, 5) is 42.0. The molecule has 2 heterocycles. The van der Waals surface area contributed by atoms with Gasteiger partial charge in [0.25, 0.3) is 5.91 Å². The predicted molar refractivity (Wildman–Crippen MR) is 95.6 cm³/mol. The molecule has 0 bridgehead atoms. The Morgan fingerprint density at radius 2 is 1.76 bits per heavy atom. The summed E-state index contributed by atoms with van der Waals surface area (Å²) in [7, 11) is 0. The highest BCUT2D eigenvalue weighted by molar-refractivity contribution is 7.15. The molecule has 3 amide bonds. The van der Waals surface area contributed by atoms with Crippen molar-refractivity contribution in [1.82, 2.24) is 9.88 Å². The number of hydrogen-bond donors (Lipinski definition) is 2. The Balaban J connectivity index is 1.70. The van der Waals surface area contributed by atoms with E-state index in [-0.39, 0.29) is 17.7 Å². The van der Waals surface area contributed by atoms with Crippen LogP contribution in [-0.4, -0.2) is 34.2 Å². The van der Waals surface area contributed by atoms with E-state index in [2.05, 4.69) is 15.6 Å². The maximum atomic E-state index is 12.7. The number of carbonyl (C=O) groups excluding carboxylic acids is 3.